The first-order chi connectivity index (χ1) is 8.28. The number of hydrogen-bond acceptors (Lipinski definition) is 7. The van der Waals surface area contributed by atoms with Gasteiger partial charge in [0, 0.05) is 0 Å². The summed E-state index contributed by atoms with van der Waals surface area (Å²) in [4.78, 5) is 4.06. The summed E-state index contributed by atoms with van der Waals surface area (Å²) >= 11 is 0. The third kappa shape index (κ3) is 3.28. The Bertz CT molecular complexity index is 465. The van der Waals surface area contributed by atoms with E-state index in [0.29, 0.717) is 30.9 Å². The van der Waals surface area contributed by atoms with Crippen LogP contribution in [0.4, 0.5) is 6.01 Å². The number of nitrogens with one attached hydrogen (secondary N) is 2. The minimum absolute atomic E-state index is 0.369. The Kier molecular flexibility index (Phi) is 3.71. The lowest BCUT2D eigenvalue weighted by atomic mass is 10.6. The van der Waals surface area contributed by atoms with Crippen molar-refractivity contribution in [3.05, 3.63) is 23.7 Å². The maximum Gasteiger partial charge on any atom is 0.315 e. The molecule has 0 spiro atoms. The zero-order valence-corrected chi connectivity index (χ0v) is 9.86. The van der Waals surface area contributed by atoms with Crippen LogP contribution in [0.5, 0.6) is 0 Å². The number of oxazole rings is 1. The quantitative estimate of drug-likeness (QED) is 0.777. The van der Waals surface area contributed by atoms with Crippen molar-refractivity contribution < 1.29 is 8.83 Å². The average Bonchev–Trinajstić information content (AvgIpc) is 2.93. The third-order valence-electron chi connectivity index (χ3n) is 2.05. The van der Waals surface area contributed by atoms with Gasteiger partial charge in [-0.15, -0.1) is 5.10 Å². The van der Waals surface area contributed by atoms with E-state index in [1.807, 2.05) is 13.8 Å². The smallest absolute Gasteiger partial charge is 0.315 e. The zero-order valence-electron chi connectivity index (χ0n) is 9.86. The van der Waals surface area contributed by atoms with Crippen LogP contribution >= 0.6 is 0 Å². The molecule has 2 heterocycles. The fraction of sp³-hybridized carbons (Fsp3) is 0.500. The molecule has 0 bridgehead atoms. The summed E-state index contributed by atoms with van der Waals surface area (Å²) in [5, 5.41) is 13.8. The van der Waals surface area contributed by atoms with Crippen molar-refractivity contribution in [1.29, 1.82) is 0 Å². The van der Waals surface area contributed by atoms with Gasteiger partial charge in [-0.1, -0.05) is 12.0 Å². The van der Waals surface area contributed by atoms with Gasteiger partial charge < -0.3 is 19.5 Å². The second-order valence-corrected chi connectivity index (χ2v) is 3.50. The molecule has 0 aliphatic rings. The van der Waals surface area contributed by atoms with E-state index < -0.39 is 0 Å². The number of anilines is 1. The molecule has 2 N–H and O–H groups in total. The Morgan fingerprint density at radius 2 is 2.06 bits per heavy atom. The first-order valence-electron chi connectivity index (χ1n) is 5.46. The largest absolute Gasteiger partial charge is 0.444 e. The van der Waals surface area contributed by atoms with E-state index >= 15 is 0 Å². The minimum Gasteiger partial charge on any atom is -0.444 e. The van der Waals surface area contributed by atoms with E-state index in [0.717, 1.165) is 12.3 Å². The molecule has 0 aliphatic heterocycles. The average molecular weight is 237 g/mol. The Balaban J connectivity index is 1.84. The molecule has 0 atom stereocenters. The van der Waals surface area contributed by atoms with Gasteiger partial charge in [-0.3, -0.25) is 0 Å². The molecular weight excluding hydrogens is 222 g/mol. The summed E-state index contributed by atoms with van der Waals surface area (Å²) in [5.74, 6) is 1.92. The molecule has 2 rings (SSSR count). The van der Waals surface area contributed by atoms with Crippen molar-refractivity contribution in [3.8, 4) is 0 Å². The second kappa shape index (κ2) is 5.44. The molecule has 7 nitrogen and oxygen atoms in total. The number of nitrogens with zero attached hydrogens (tertiary/aromatic N) is 3. The third-order valence-corrected chi connectivity index (χ3v) is 2.05. The second-order valence-electron chi connectivity index (χ2n) is 3.50. The molecule has 0 fully saturated rings. The molecule has 0 radical (unpaired) electrons. The molecule has 2 aromatic heterocycles. The summed E-state index contributed by atoms with van der Waals surface area (Å²) in [6.07, 6.45) is 1.67. The molecule has 7 heteroatoms. The van der Waals surface area contributed by atoms with Gasteiger partial charge in [0.05, 0.1) is 19.3 Å². The van der Waals surface area contributed by atoms with Crippen molar-refractivity contribution in [2.24, 2.45) is 0 Å². The molecule has 0 aromatic carbocycles. The normalized spacial score (nSPS) is 10.7. The van der Waals surface area contributed by atoms with E-state index in [1.165, 1.54) is 0 Å². The summed E-state index contributed by atoms with van der Waals surface area (Å²) < 4.78 is 10.7. The highest BCUT2D eigenvalue weighted by atomic mass is 16.4. The molecule has 0 saturated carbocycles. The summed E-state index contributed by atoms with van der Waals surface area (Å²) in [6.45, 7) is 5.72. The van der Waals surface area contributed by atoms with Crippen LogP contribution in [0.15, 0.2) is 15.0 Å². The highest BCUT2D eigenvalue weighted by Crippen LogP contribution is 2.08. The topological polar surface area (TPSA) is 89.0 Å². The number of hydrogen-bond donors (Lipinski definition) is 2. The first kappa shape index (κ1) is 11.6. The lowest BCUT2D eigenvalue weighted by Crippen LogP contribution is -2.11. The maximum absolute atomic E-state index is 5.35. The molecule has 0 unspecified atom stereocenters. The molecule has 17 heavy (non-hydrogen) atoms. The summed E-state index contributed by atoms with van der Waals surface area (Å²) in [7, 11) is 0. The molecule has 0 saturated heterocycles. The molecule has 0 amide bonds. The van der Waals surface area contributed by atoms with Crippen LogP contribution in [0.2, 0.25) is 0 Å². The van der Waals surface area contributed by atoms with Crippen molar-refractivity contribution in [2.75, 3.05) is 11.9 Å². The van der Waals surface area contributed by atoms with Crippen LogP contribution in [0, 0.1) is 6.92 Å². The Hall–Kier alpha value is -1.89. The van der Waals surface area contributed by atoms with Crippen molar-refractivity contribution in [2.45, 2.75) is 26.9 Å². The number of rotatable bonds is 6. The first-order valence-corrected chi connectivity index (χ1v) is 5.46. The maximum atomic E-state index is 5.35. The van der Waals surface area contributed by atoms with E-state index in [2.05, 4.69) is 25.8 Å². The van der Waals surface area contributed by atoms with Crippen LogP contribution in [-0.2, 0) is 13.1 Å². The van der Waals surface area contributed by atoms with E-state index in [4.69, 9.17) is 8.83 Å². The van der Waals surface area contributed by atoms with Gasteiger partial charge in [0.2, 0.25) is 11.8 Å². The standard InChI is InChI=1S/C10H15N5O2/c1-3-11-5-9-14-15-10(17-9)13-6-8-12-4-7(2)16-8/h4,11H,3,5-6H2,1-2H3,(H,13,15). The van der Waals surface area contributed by atoms with E-state index in [-0.39, 0.29) is 0 Å². The monoisotopic (exact) mass is 237 g/mol. The fourth-order valence-electron chi connectivity index (χ4n) is 1.26. The zero-order chi connectivity index (χ0) is 12.1. The van der Waals surface area contributed by atoms with Crippen LogP contribution < -0.4 is 10.6 Å². The summed E-state index contributed by atoms with van der Waals surface area (Å²) in [5.41, 5.74) is 0. The number of aromatic nitrogens is 3. The molecule has 2 aromatic rings. The van der Waals surface area contributed by atoms with Gasteiger partial charge >= 0.3 is 6.01 Å². The highest BCUT2D eigenvalue weighted by Gasteiger charge is 2.06. The van der Waals surface area contributed by atoms with Gasteiger partial charge in [0.15, 0.2) is 0 Å². The molecule has 92 valence electrons. The Morgan fingerprint density at radius 1 is 1.18 bits per heavy atom. The van der Waals surface area contributed by atoms with E-state index in [9.17, 15) is 0 Å². The van der Waals surface area contributed by atoms with Gasteiger partial charge in [0.1, 0.15) is 5.76 Å². The predicted molar refractivity (Wildman–Crippen MR) is 60.2 cm³/mol. The van der Waals surface area contributed by atoms with Gasteiger partial charge in [-0.05, 0) is 13.5 Å². The van der Waals surface area contributed by atoms with Crippen LogP contribution in [0.3, 0.4) is 0 Å². The van der Waals surface area contributed by atoms with Crippen molar-refractivity contribution in [1.82, 2.24) is 20.5 Å². The fourth-order valence-corrected chi connectivity index (χ4v) is 1.26. The van der Waals surface area contributed by atoms with Gasteiger partial charge in [-0.25, -0.2) is 4.98 Å². The lowest BCUT2D eigenvalue weighted by Gasteiger charge is -1.96. The minimum atomic E-state index is 0.369. The van der Waals surface area contributed by atoms with Crippen molar-refractivity contribution >= 4 is 6.01 Å². The molecular formula is C10H15N5O2. The Morgan fingerprint density at radius 3 is 2.76 bits per heavy atom. The van der Waals surface area contributed by atoms with Gasteiger partial charge in [-0.2, -0.15) is 0 Å². The summed E-state index contributed by atoms with van der Waals surface area (Å²) in [6, 6.07) is 0.369. The molecule has 0 aliphatic carbocycles. The lowest BCUT2D eigenvalue weighted by molar-refractivity contribution is 0.463. The van der Waals surface area contributed by atoms with Crippen LogP contribution in [-0.4, -0.2) is 21.7 Å². The Labute approximate surface area is 98.6 Å². The van der Waals surface area contributed by atoms with Crippen LogP contribution in [0.1, 0.15) is 24.5 Å². The van der Waals surface area contributed by atoms with Crippen LogP contribution in [0.25, 0.3) is 0 Å². The highest BCUT2D eigenvalue weighted by molar-refractivity contribution is 5.17. The predicted octanol–water partition coefficient (Wildman–Crippen LogP) is 1.09. The van der Waals surface area contributed by atoms with Gasteiger partial charge in [0.25, 0.3) is 0 Å². The van der Waals surface area contributed by atoms with E-state index in [1.54, 1.807) is 6.20 Å². The number of aryl methyl sites for hydroxylation is 1. The van der Waals surface area contributed by atoms with Crippen molar-refractivity contribution in [3.63, 3.8) is 0 Å². The SMILES string of the molecule is CCNCc1nnc(NCc2ncc(C)o2)o1.